The van der Waals surface area contributed by atoms with Crippen LogP contribution in [-0.4, -0.2) is 42.6 Å². The van der Waals surface area contributed by atoms with Crippen LogP contribution in [0.1, 0.15) is 51.4 Å². The lowest BCUT2D eigenvalue weighted by atomic mass is 10.1. The maximum absolute atomic E-state index is 5.78. The molecule has 2 atom stereocenters. The summed E-state index contributed by atoms with van der Waals surface area (Å²) in [7, 11) is 0. The summed E-state index contributed by atoms with van der Waals surface area (Å²) in [6.45, 7) is 3.57. The molecule has 2 unspecified atom stereocenters. The van der Waals surface area contributed by atoms with Gasteiger partial charge in [-0.05, 0) is 64.5 Å². The lowest BCUT2D eigenvalue weighted by Crippen LogP contribution is -2.30. The van der Waals surface area contributed by atoms with E-state index < -0.39 is 0 Å². The van der Waals surface area contributed by atoms with E-state index in [-0.39, 0.29) is 0 Å². The predicted molar refractivity (Wildman–Crippen MR) is 72.8 cm³/mol. The monoisotopic (exact) mass is 259 g/mol. The van der Waals surface area contributed by atoms with Gasteiger partial charge >= 0.3 is 0 Å². The molecule has 0 aromatic carbocycles. The molecule has 2 fully saturated rings. The van der Waals surface area contributed by atoms with E-state index in [0.29, 0.717) is 6.10 Å². The van der Waals surface area contributed by atoms with Gasteiger partial charge in [-0.1, -0.05) is 0 Å². The molecule has 2 rings (SSSR count). The van der Waals surface area contributed by atoms with Gasteiger partial charge in [-0.3, -0.25) is 0 Å². The maximum atomic E-state index is 5.78. The summed E-state index contributed by atoms with van der Waals surface area (Å²) >= 11 is 5.78. The molecule has 0 spiro atoms. The van der Waals surface area contributed by atoms with E-state index in [1.807, 2.05) is 0 Å². The van der Waals surface area contributed by atoms with Crippen LogP contribution in [0, 0.1) is 0 Å². The Morgan fingerprint density at radius 3 is 2.82 bits per heavy atom. The summed E-state index contributed by atoms with van der Waals surface area (Å²) in [5.41, 5.74) is 0. The van der Waals surface area contributed by atoms with E-state index in [2.05, 4.69) is 4.90 Å². The second-order valence-corrected chi connectivity index (χ2v) is 5.82. The van der Waals surface area contributed by atoms with Crippen LogP contribution in [0.15, 0.2) is 0 Å². The fraction of sp³-hybridized carbons (Fsp3) is 1.00. The molecule has 0 aromatic heterocycles. The Bertz CT molecular complexity index is 206. The average molecular weight is 260 g/mol. The van der Waals surface area contributed by atoms with Crippen LogP contribution in [-0.2, 0) is 4.74 Å². The standard InChI is InChI=1S/C14H26ClNO/c15-9-1-5-13-6-2-10-16(13)11-3-7-14-8-4-12-17-14/h13-14H,1-12H2. The average Bonchev–Trinajstić information content (AvgIpc) is 2.98. The van der Waals surface area contributed by atoms with Gasteiger partial charge in [0.1, 0.15) is 0 Å². The first-order valence-corrected chi connectivity index (χ1v) is 7.85. The van der Waals surface area contributed by atoms with Crippen molar-refractivity contribution >= 4 is 11.6 Å². The highest BCUT2D eigenvalue weighted by Gasteiger charge is 2.24. The molecular formula is C14H26ClNO. The van der Waals surface area contributed by atoms with Gasteiger partial charge < -0.3 is 9.64 Å². The van der Waals surface area contributed by atoms with Crippen LogP contribution >= 0.6 is 11.6 Å². The lowest BCUT2D eigenvalue weighted by molar-refractivity contribution is 0.0978. The fourth-order valence-electron chi connectivity index (χ4n) is 3.22. The molecule has 3 heteroatoms. The van der Waals surface area contributed by atoms with Gasteiger partial charge in [-0.2, -0.15) is 0 Å². The van der Waals surface area contributed by atoms with Crippen molar-refractivity contribution in [3.05, 3.63) is 0 Å². The number of likely N-dealkylation sites (tertiary alicyclic amines) is 1. The van der Waals surface area contributed by atoms with E-state index in [9.17, 15) is 0 Å². The third-order valence-corrected chi connectivity index (χ3v) is 4.43. The van der Waals surface area contributed by atoms with Crippen LogP contribution in [0.5, 0.6) is 0 Å². The molecule has 0 saturated carbocycles. The van der Waals surface area contributed by atoms with E-state index in [1.165, 1.54) is 64.5 Å². The van der Waals surface area contributed by atoms with E-state index in [0.717, 1.165) is 18.5 Å². The van der Waals surface area contributed by atoms with Gasteiger partial charge in [-0.15, -0.1) is 11.6 Å². The Hall–Kier alpha value is 0.210. The van der Waals surface area contributed by atoms with E-state index >= 15 is 0 Å². The van der Waals surface area contributed by atoms with Crippen LogP contribution < -0.4 is 0 Å². The van der Waals surface area contributed by atoms with Gasteiger partial charge in [0.25, 0.3) is 0 Å². The number of hydrogen-bond donors (Lipinski definition) is 0. The Balaban J connectivity index is 1.59. The third kappa shape index (κ3) is 4.42. The van der Waals surface area contributed by atoms with Gasteiger partial charge in [0.15, 0.2) is 0 Å². The highest BCUT2D eigenvalue weighted by Crippen LogP contribution is 2.23. The molecule has 17 heavy (non-hydrogen) atoms. The third-order valence-electron chi connectivity index (χ3n) is 4.17. The summed E-state index contributed by atoms with van der Waals surface area (Å²) < 4.78 is 5.67. The Morgan fingerprint density at radius 1 is 1.12 bits per heavy atom. The Morgan fingerprint density at radius 2 is 2.06 bits per heavy atom. The largest absolute Gasteiger partial charge is 0.378 e. The summed E-state index contributed by atoms with van der Waals surface area (Å²) in [5.74, 6) is 0.820. The molecule has 100 valence electrons. The van der Waals surface area contributed by atoms with Gasteiger partial charge in [0.2, 0.25) is 0 Å². The zero-order chi connectivity index (χ0) is 11.9. The summed E-state index contributed by atoms with van der Waals surface area (Å²) in [6, 6.07) is 0.818. The SMILES string of the molecule is ClCCCC1CCCN1CCCC1CCCO1. The molecule has 2 heterocycles. The van der Waals surface area contributed by atoms with Crippen molar-refractivity contribution < 1.29 is 4.74 Å². The minimum Gasteiger partial charge on any atom is -0.378 e. The summed E-state index contributed by atoms with van der Waals surface area (Å²) in [4.78, 5) is 2.68. The van der Waals surface area contributed by atoms with E-state index in [1.54, 1.807) is 0 Å². The summed E-state index contributed by atoms with van der Waals surface area (Å²) in [5, 5.41) is 0. The van der Waals surface area contributed by atoms with Gasteiger partial charge in [0.05, 0.1) is 6.10 Å². The Kier molecular flexibility index (Phi) is 6.10. The normalized spacial score (nSPS) is 30.2. The van der Waals surface area contributed by atoms with Crippen LogP contribution in [0.25, 0.3) is 0 Å². The summed E-state index contributed by atoms with van der Waals surface area (Å²) in [6.07, 6.45) is 10.9. The van der Waals surface area contributed by atoms with E-state index in [4.69, 9.17) is 16.3 Å². The number of nitrogens with zero attached hydrogens (tertiary/aromatic N) is 1. The predicted octanol–water partition coefficient (Wildman–Crippen LogP) is 3.43. The lowest BCUT2D eigenvalue weighted by Gasteiger charge is -2.24. The first-order chi connectivity index (χ1) is 8.40. The fourth-order valence-corrected chi connectivity index (χ4v) is 3.38. The van der Waals surface area contributed by atoms with Crippen molar-refractivity contribution in [2.24, 2.45) is 0 Å². The van der Waals surface area contributed by atoms with Crippen LogP contribution in [0.4, 0.5) is 0 Å². The second-order valence-electron chi connectivity index (χ2n) is 5.44. The topological polar surface area (TPSA) is 12.5 Å². The molecule has 0 aliphatic carbocycles. The molecule has 0 bridgehead atoms. The van der Waals surface area contributed by atoms with Crippen molar-refractivity contribution in [3.63, 3.8) is 0 Å². The molecule has 0 radical (unpaired) electrons. The zero-order valence-corrected chi connectivity index (χ0v) is 11.6. The van der Waals surface area contributed by atoms with Crippen molar-refractivity contribution in [1.29, 1.82) is 0 Å². The Labute approximate surface area is 111 Å². The van der Waals surface area contributed by atoms with Crippen molar-refractivity contribution in [3.8, 4) is 0 Å². The minimum atomic E-state index is 0.568. The first kappa shape index (κ1) is 13.6. The highest BCUT2D eigenvalue weighted by atomic mass is 35.5. The molecular weight excluding hydrogens is 234 g/mol. The number of hydrogen-bond acceptors (Lipinski definition) is 2. The maximum Gasteiger partial charge on any atom is 0.0576 e. The smallest absolute Gasteiger partial charge is 0.0576 e. The molecule has 2 nitrogen and oxygen atoms in total. The molecule has 2 saturated heterocycles. The molecule has 2 aliphatic rings. The molecule has 0 amide bonds. The van der Waals surface area contributed by atoms with Gasteiger partial charge in [0, 0.05) is 18.5 Å². The van der Waals surface area contributed by atoms with Gasteiger partial charge in [-0.25, -0.2) is 0 Å². The number of alkyl halides is 1. The second kappa shape index (κ2) is 7.60. The van der Waals surface area contributed by atoms with Crippen molar-refractivity contribution in [2.75, 3.05) is 25.6 Å². The number of halogens is 1. The molecule has 0 N–H and O–H groups in total. The number of rotatable bonds is 7. The van der Waals surface area contributed by atoms with Crippen molar-refractivity contribution in [1.82, 2.24) is 4.90 Å². The molecule has 0 aromatic rings. The quantitative estimate of drug-likeness (QED) is 0.650. The number of ether oxygens (including phenoxy) is 1. The van der Waals surface area contributed by atoms with Crippen molar-refractivity contribution in [2.45, 2.75) is 63.5 Å². The first-order valence-electron chi connectivity index (χ1n) is 7.32. The highest BCUT2D eigenvalue weighted by molar-refractivity contribution is 6.17. The molecule has 2 aliphatic heterocycles. The minimum absolute atomic E-state index is 0.568. The van der Waals surface area contributed by atoms with Crippen LogP contribution in [0.3, 0.4) is 0 Å². The zero-order valence-electron chi connectivity index (χ0n) is 10.9. The van der Waals surface area contributed by atoms with Crippen LogP contribution in [0.2, 0.25) is 0 Å².